The highest BCUT2D eigenvalue weighted by Crippen LogP contribution is 2.23. The number of amides is 2. The molecule has 0 saturated carbocycles. The zero-order valence-corrected chi connectivity index (χ0v) is 13.9. The maximum Gasteiger partial charge on any atom is 0.253 e. The van der Waals surface area contributed by atoms with Crippen LogP contribution in [0.1, 0.15) is 44.5 Å². The molecule has 1 N–H and O–H groups in total. The van der Waals surface area contributed by atoms with E-state index in [0.29, 0.717) is 23.1 Å². The van der Waals surface area contributed by atoms with Crippen LogP contribution < -0.4 is 5.32 Å². The third-order valence-electron chi connectivity index (χ3n) is 4.06. The van der Waals surface area contributed by atoms with Gasteiger partial charge in [-0.1, -0.05) is 33.8 Å². The topological polar surface area (TPSA) is 49.4 Å². The van der Waals surface area contributed by atoms with E-state index in [2.05, 4.69) is 19.2 Å². The molecule has 0 unspecified atom stereocenters. The Balaban J connectivity index is 2.11. The summed E-state index contributed by atoms with van der Waals surface area (Å²) in [6, 6.07) is 7.22. The Hall–Kier alpha value is -1.84. The highest BCUT2D eigenvalue weighted by molar-refractivity contribution is 5.97. The lowest BCUT2D eigenvalue weighted by Gasteiger charge is -2.35. The molecule has 4 nitrogen and oxygen atoms in total. The molecule has 0 aliphatic carbocycles. The van der Waals surface area contributed by atoms with Crippen molar-refractivity contribution in [3.63, 3.8) is 0 Å². The first-order valence-corrected chi connectivity index (χ1v) is 8.07. The van der Waals surface area contributed by atoms with E-state index in [1.165, 1.54) is 6.42 Å². The van der Waals surface area contributed by atoms with Gasteiger partial charge in [0.25, 0.3) is 5.91 Å². The third kappa shape index (κ3) is 4.09. The molecule has 1 aromatic rings. The van der Waals surface area contributed by atoms with Gasteiger partial charge < -0.3 is 10.2 Å². The van der Waals surface area contributed by atoms with E-state index in [-0.39, 0.29) is 17.7 Å². The summed E-state index contributed by atoms with van der Waals surface area (Å²) in [4.78, 5) is 26.4. The van der Waals surface area contributed by atoms with Crippen molar-refractivity contribution >= 4 is 17.5 Å². The van der Waals surface area contributed by atoms with Gasteiger partial charge in [-0.2, -0.15) is 0 Å². The van der Waals surface area contributed by atoms with E-state index in [0.717, 1.165) is 13.1 Å². The summed E-state index contributed by atoms with van der Waals surface area (Å²) in [5, 5.41) is 2.85. The molecule has 0 radical (unpaired) electrons. The summed E-state index contributed by atoms with van der Waals surface area (Å²) >= 11 is 0. The van der Waals surface area contributed by atoms with E-state index < -0.39 is 0 Å². The molecule has 22 heavy (non-hydrogen) atoms. The fourth-order valence-corrected chi connectivity index (χ4v) is 3.03. The van der Waals surface area contributed by atoms with Crippen LogP contribution in [0.15, 0.2) is 24.3 Å². The van der Waals surface area contributed by atoms with E-state index in [9.17, 15) is 9.59 Å². The van der Waals surface area contributed by atoms with Gasteiger partial charge in [0.15, 0.2) is 0 Å². The smallest absolute Gasteiger partial charge is 0.253 e. The van der Waals surface area contributed by atoms with Gasteiger partial charge in [0.1, 0.15) is 0 Å². The van der Waals surface area contributed by atoms with Crippen LogP contribution in [-0.2, 0) is 4.79 Å². The number of carbonyl (C=O) groups excluding carboxylic acids is 2. The Labute approximate surface area is 132 Å². The summed E-state index contributed by atoms with van der Waals surface area (Å²) in [6.45, 7) is 9.70. The molecule has 1 aromatic carbocycles. The summed E-state index contributed by atoms with van der Waals surface area (Å²) < 4.78 is 0. The molecule has 1 fully saturated rings. The normalized spacial score (nSPS) is 21.8. The molecule has 1 aliphatic rings. The lowest BCUT2D eigenvalue weighted by Crippen LogP contribution is -2.42. The van der Waals surface area contributed by atoms with Crippen molar-refractivity contribution in [1.82, 2.24) is 4.90 Å². The van der Waals surface area contributed by atoms with Gasteiger partial charge in [0.2, 0.25) is 5.91 Å². The first-order chi connectivity index (χ1) is 10.4. The van der Waals surface area contributed by atoms with Crippen molar-refractivity contribution < 1.29 is 9.59 Å². The van der Waals surface area contributed by atoms with Crippen molar-refractivity contribution in [2.45, 2.75) is 34.1 Å². The molecule has 2 atom stereocenters. The second-order valence-electron chi connectivity index (χ2n) is 6.88. The number of hydrogen-bond donors (Lipinski definition) is 1. The maximum atomic E-state index is 12.7. The zero-order chi connectivity index (χ0) is 16.3. The molecular formula is C18H26N2O2. The number of hydrogen-bond acceptors (Lipinski definition) is 2. The predicted octanol–water partition coefficient (Wildman–Crippen LogP) is 3.40. The highest BCUT2D eigenvalue weighted by atomic mass is 16.2. The van der Waals surface area contributed by atoms with E-state index >= 15 is 0 Å². The number of rotatable bonds is 3. The fraction of sp³-hybridized carbons (Fsp3) is 0.556. The number of benzene rings is 1. The van der Waals surface area contributed by atoms with Gasteiger partial charge in [0.05, 0.1) is 0 Å². The number of nitrogens with zero attached hydrogens (tertiary/aromatic N) is 1. The van der Waals surface area contributed by atoms with Crippen molar-refractivity contribution in [2.75, 3.05) is 18.4 Å². The van der Waals surface area contributed by atoms with Crippen molar-refractivity contribution in [3.8, 4) is 0 Å². The van der Waals surface area contributed by atoms with Crippen molar-refractivity contribution in [1.29, 1.82) is 0 Å². The van der Waals surface area contributed by atoms with Crippen LogP contribution in [-0.4, -0.2) is 29.8 Å². The molecule has 1 heterocycles. The van der Waals surface area contributed by atoms with E-state index in [4.69, 9.17) is 0 Å². The van der Waals surface area contributed by atoms with Crippen molar-refractivity contribution in [2.24, 2.45) is 17.8 Å². The first-order valence-electron chi connectivity index (χ1n) is 8.07. The zero-order valence-electron chi connectivity index (χ0n) is 13.9. The molecule has 120 valence electrons. The molecule has 4 heteroatoms. The molecule has 0 spiro atoms. The molecule has 1 saturated heterocycles. The molecule has 2 rings (SSSR count). The highest BCUT2D eigenvalue weighted by Gasteiger charge is 2.26. The Morgan fingerprint density at radius 1 is 1.18 bits per heavy atom. The minimum atomic E-state index is -0.0804. The molecule has 0 aromatic heterocycles. The van der Waals surface area contributed by atoms with Crippen LogP contribution in [0.5, 0.6) is 0 Å². The largest absolute Gasteiger partial charge is 0.338 e. The maximum absolute atomic E-state index is 12.7. The minimum Gasteiger partial charge on any atom is -0.338 e. The Morgan fingerprint density at radius 2 is 1.82 bits per heavy atom. The van der Waals surface area contributed by atoms with Gasteiger partial charge in [-0.25, -0.2) is 0 Å². The number of carbonyl (C=O) groups is 2. The van der Waals surface area contributed by atoms with E-state index in [1.54, 1.807) is 6.07 Å². The molecule has 0 bridgehead atoms. The summed E-state index contributed by atoms with van der Waals surface area (Å²) in [7, 11) is 0. The van der Waals surface area contributed by atoms with Crippen LogP contribution >= 0.6 is 0 Å². The van der Waals surface area contributed by atoms with Gasteiger partial charge in [-0.15, -0.1) is 0 Å². The average Bonchev–Trinajstić information content (AvgIpc) is 2.45. The second kappa shape index (κ2) is 6.95. The number of likely N-dealkylation sites (tertiary alicyclic amines) is 1. The van der Waals surface area contributed by atoms with Crippen LogP contribution in [0.4, 0.5) is 5.69 Å². The number of nitrogens with one attached hydrogen (secondary N) is 1. The fourth-order valence-electron chi connectivity index (χ4n) is 3.03. The summed E-state index contributed by atoms with van der Waals surface area (Å²) in [5.41, 5.74) is 1.32. The minimum absolute atomic E-state index is 0.0372. The van der Waals surface area contributed by atoms with Crippen LogP contribution in [0, 0.1) is 17.8 Å². The van der Waals surface area contributed by atoms with Crippen LogP contribution in [0.2, 0.25) is 0 Å². The molecular weight excluding hydrogens is 276 g/mol. The van der Waals surface area contributed by atoms with Crippen molar-refractivity contribution in [3.05, 3.63) is 29.8 Å². The standard InChI is InChI=1S/C18H26N2O2/c1-12(2)17(21)19-16-7-5-6-15(9-16)18(22)20-10-13(3)8-14(4)11-20/h5-7,9,12-14H,8,10-11H2,1-4H3,(H,19,21)/t13-,14-/m1/s1. The lowest BCUT2D eigenvalue weighted by molar-refractivity contribution is -0.118. The lowest BCUT2D eigenvalue weighted by atomic mass is 9.91. The first kappa shape index (κ1) is 16.5. The van der Waals surface area contributed by atoms with Crippen LogP contribution in [0.3, 0.4) is 0 Å². The van der Waals surface area contributed by atoms with Crippen LogP contribution in [0.25, 0.3) is 0 Å². The van der Waals surface area contributed by atoms with Gasteiger partial charge in [-0.3, -0.25) is 9.59 Å². The molecule has 1 aliphatic heterocycles. The Morgan fingerprint density at radius 3 is 2.41 bits per heavy atom. The Kier molecular flexibility index (Phi) is 5.22. The number of anilines is 1. The van der Waals surface area contributed by atoms with Gasteiger partial charge in [-0.05, 0) is 36.5 Å². The quantitative estimate of drug-likeness (QED) is 0.930. The van der Waals surface area contributed by atoms with E-state index in [1.807, 2.05) is 36.9 Å². The SMILES string of the molecule is CC(C)C(=O)Nc1cccc(C(=O)N2C[C@H](C)C[C@@H](C)C2)c1. The molecule has 2 amide bonds. The monoisotopic (exact) mass is 302 g/mol. The predicted molar refractivity (Wildman–Crippen MR) is 88.8 cm³/mol. The third-order valence-corrected chi connectivity index (χ3v) is 4.06. The summed E-state index contributed by atoms with van der Waals surface area (Å²) in [5.74, 6) is 1.01. The van der Waals surface area contributed by atoms with Gasteiger partial charge >= 0.3 is 0 Å². The number of piperidine rings is 1. The average molecular weight is 302 g/mol. The Bertz CT molecular complexity index is 544. The summed E-state index contributed by atoms with van der Waals surface area (Å²) in [6.07, 6.45) is 1.17. The second-order valence-corrected chi connectivity index (χ2v) is 6.88. The van der Waals surface area contributed by atoms with Gasteiger partial charge in [0, 0.05) is 30.3 Å².